The lowest BCUT2D eigenvalue weighted by Gasteiger charge is -2.16. The zero-order valence-electron chi connectivity index (χ0n) is 13.7. The Hall–Kier alpha value is -2.69. The normalized spacial score (nSPS) is 11.7. The number of hydrogen-bond donors (Lipinski definition) is 0. The molecule has 0 fully saturated rings. The number of aromatic nitrogens is 3. The molecule has 118 valence electrons. The van der Waals surface area contributed by atoms with E-state index in [1.165, 1.54) is 0 Å². The van der Waals surface area contributed by atoms with E-state index in [2.05, 4.69) is 9.97 Å². The molecule has 0 aliphatic carbocycles. The number of pyridine rings is 1. The summed E-state index contributed by atoms with van der Waals surface area (Å²) in [5.74, 6) is 0.934. The first kappa shape index (κ1) is 15.2. The summed E-state index contributed by atoms with van der Waals surface area (Å²) >= 11 is 0. The summed E-state index contributed by atoms with van der Waals surface area (Å²) < 4.78 is 7.30. The fourth-order valence-electron chi connectivity index (χ4n) is 2.07. The molecule has 0 aromatic heterocycles. The minimum Gasteiger partial charge on any atom is -0.426 e. The zero-order chi connectivity index (χ0) is 16.6. The van der Waals surface area contributed by atoms with Gasteiger partial charge >= 0.3 is 5.97 Å². The predicted octanol–water partition coefficient (Wildman–Crippen LogP) is 3.54. The molecule has 0 spiro atoms. The van der Waals surface area contributed by atoms with Gasteiger partial charge in [-0.3, -0.25) is 4.79 Å². The zero-order valence-corrected chi connectivity index (χ0v) is 13.7. The molecule has 23 heavy (non-hydrogen) atoms. The average molecular weight is 309 g/mol. The molecular formula is C18H19N3O2. The molecule has 1 aromatic carbocycles. The van der Waals surface area contributed by atoms with Crippen molar-refractivity contribution >= 4 is 5.97 Å². The molecule has 5 nitrogen and oxygen atoms in total. The van der Waals surface area contributed by atoms with Crippen LogP contribution in [0.1, 0.15) is 20.8 Å². The number of imidazole rings is 1. The third-order valence-electron chi connectivity index (χ3n) is 3.44. The molecule has 0 unspecified atom stereocenters. The van der Waals surface area contributed by atoms with E-state index in [0.29, 0.717) is 11.6 Å². The second-order valence-electron chi connectivity index (χ2n) is 6.59. The molecule has 3 rings (SSSR count). The molecule has 0 saturated carbocycles. The van der Waals surface area contributed by atoms with Crippen molar-refractivity contribution in [1.29, 1.82) is 0 Å². The molecule has 0 saturated heterocycles. The minimum absolute atomic E-state index is 0.256. The number of ether oxygens (including phenoxy) is 1. The van der Waals surface area contributed by atoms with E-state index >= 15 is 0 Å². The fraction of sp³-hybridized carbons (Fsp3) is 0.278. The second-order valence-corrected chi connectivity index (χ2v) is 6.59. The number of fused-ring (bicyclic) bond motifs is 1. The summed E-state index contributed by atoms with van der Waals surface area (Å²) in [5, 5.41) is 0. The number of esters is 1. The molecule has 2 aliphatic rings. The van der Waals surface area contributed by atoms with Gasteiger partial charge in [-0.05, 0) is 51.1 Å². The lowest BCUT2D eigenvalue weighted by Crippen LogP contribution is -2.25. The van der Waals surface area contributed by atoms with Crippen molar-refractivity contribution in [3.8, 4) is 28.5 Å². The molecular weight excluding hydrogens is 290 g/mol. The van der Waals surface area contributed by atoms with E-state index in [1.54, 1.807) is 12.1 Å². The van der Waals surface area contributed by atoms with E-state index in [4.69, 9.17) is 4.74 Å². The number of nitrogens with zero attached hydrogens (tertiary/aromatic N) is 3. The predicted molar refractivity (Wildman–Crippen MR) is 88.2 cm³/mol. The highest BCUT2D eigenvalue weighted by molar-refractivity contribution is 5.78. The summed E-state index contributed by atoms with van der Waals surface area (Å²) in [5.41, 5.74) is 2.08. The number of benzene rings is 1. The summed E-state index contributed by atoms with van der Waals surface area (Å²) in [4.78, 5) is 20.9. The van der Waals surface area contributed by atoms with Crippen LogP contribution in [0.15, 0.2) is 42.7 Å². The third-order valence-corrected chi connectivity index (χ3v) is 3.44. The Bertz CT molecular complexity index is 813. The third kappa shape index (κ3) is 3.23. The van der Waals surface area contributed by atoms with Crippen molar-refractivity contribution < 1.29 is 9.53 Å². The highest BCUT2D eigenvalue weighted by atomic mass is 16.5. The van der Waals surface area contributed by atoms with E-state index in [0.717, 1.165) is 17.0 Å². The topological polar surface area (TPSA) is 57.0 Å². The van der Waals surface area contributed by atoms with Crippen molar-refractivity contribution in [2.45, 2.75) is 20.8 Å². The van der Waals surface area contributed by atoms with Crippen molar-refractivity contribution in [3.05, 3.63) is 42.7 Å². The van der Waals surface area contributed by atoms with Gasteiger partial charge in [-0.2, -0.15) is 0 Å². The van der Waals surface area contributed by atoms with Crippen LogP contribution in [0.3, 0.4) is 0 Å². The van der Waals surface area contributed by atoms with Crippen LogP contribution >= 0.6 is 0 Å². The van der Waals surface area contributed by atoms with Crippen LogP contribution in [-0.4, -0.2) is 20.5 Å². The SMILES string of the molecule is Cn1ccc2nc(-c3ccc(OC(=O)C(C)(C)C)cc3)nc-2c1. The Labute approximate surface area is 135 Å². The Morgan fingerprint density at radius 2 is 1.70 bits per heavy atom. The first-order valence-corrected chi connectivity index (χ1v) is 7.45. The monoisotopic (exact) mass is 309 g/mol. The lowest BCUT2D eigenvalue weighted by molar-refractivity contribution is -0.142. The first-order chi connectivity index (χ1) is 10.8. The molecule has 1 aromatic rings. The Morgan fingerprint density at radius 1 is 1.04 bits per heavy atom. The van der Waals surface area contributed by atoms with Gasteiger partial charge in [0, 0.05) is 25.0 Å². The Kier molecular flexibility index (Phi) is 3.64. The van der Waals surface area contributed by atoms with Gasteiger partial charge in [-0.25, -0.2) is 9.97 Å². The summed E-state index contributed by atoms with van der Waals surface area (Å²) in [6, 6.07) is 9.18. The van der Waals surface area contributed by atoms with Crippen LogP contribution in [0.25, 0.3) is 22.8 Å². The number of hydrogen-bond acceptors (Lipinski definition) is 4. The Balaban J connectivity index is 1.84. The van der Waals surface area contributed by atoms with Crippen LogP contribution in [0.2, 0.25) is 0 Å². The molecule has 0 N–H and O–H groups in total. The maximum Gasteiger partial charge on any atom is 0.316 e. The number of aryl methyl sites for hydroxylation is 1. The average Bonchev–Trinajstić information content (AvgIpc) is 2.90. The van der Waals surface area contributed by atoms with Gasteiger partial charge in [0.15, 0.2) is 5.82 Å². The molecule has 0 atom stereocenters. The van der Waals surface area contributed by atoms with Crippen molar-refractivity contribution in [1.82, 2.24) is 14.5 Å². The van der Waals surface area contributed by atoms with Gasteiger partial charge in [0.25, 0.3) is 0 Å². The molecule has 5 heteroatoms. The summed E-state index contributed by atoms with van der Waals surface area (Å²) in [7, 11) is 1.95. The van der Waals surface area contributed by atoms with Gasteiger partial charge in [0.2, 0.25) is 0 Å². The van der Waals surface area contributed by atoms with E-state index in [1.807, 2.05) is 63.0 Å². The van der Waals surface area contributed by atoms with Gasteiger partial charge in [0.05, 0.1) is 11.1 Å². The summed E-state index contributed by atoms with van der Waals surface area (Å²) in [6.07, 6.45) is 3.88. The largest absolute Gasteiger partial charge is 0.426 e. The van der Waals surface area contributed by atoms with Crippen LogP contribution in [0, 0.1) is 5.41 Å². The summed E-state index contributed by atoms with van der Waals surface area (Å²) in [6.45, 7) is 5.48. The number of carbonyl (C=O) groups excluding carboxylic acids is 1. The van der Waals surface area contributed by atoms with Crippen LogP contribution in [0.5, 0.6) is 5.75 Å². The van der Waals surface area contributed by atoms with Gasteiger partial charge < -0.3 is 9.30 Å². The highest BCUT2D eigenvalue weighted by Crippen LogP contribution is 2.26. The standard InChI is InChI=1S/C18H19N3O2/c1-18(2,3)17(22)23-13-7-5-12(6-8-13)16-19-14-9-10-21(4)11-15(14)20-16/h5-11H,1-4H3. The van der Waals surface area contributed by atoms with E-state index in [-0.39, 0.29) is 5.97 Å². The second kappa shape index (κ2) is 5.50. The maximum atomic E-state index is 11.9. The van der Waals surface area contributed by atoms with Crippen molar-refractivity contribution in [3.63, 3.8) is 0 Å². The van der Waals surface area contributed by atoms with E-state index in [9.17, 15) is 4.79 Å². The maximum absolute atomic E-state index is 11.9. The minimum atomic E-state index is -0.527. The Morgan fingerprint density at radius 3 is 2.35 bits per heavy atom. The van der Waals surface area contributed by atoms with Gasteiger partial charge in [0.1, 0.15) is 11.4 Å². The van der Waals surface area contributed by atoms with Crippen LogP contribution in [0.4, 0.5) is 0 Å². The molecule has 0 bridgehead atoms. The van der Waals surface area contributed by atoms with Crippen LogP contribution < -0.4 is 4.74 Å². The smallest absolute Gasteiger partial charge is 0.316 e. The molecule has 2 heterocycles. The van der Waals surface area contributed by atoms with Gasteiger partial charge in [-0.15, -0.1) is 0 Å². The van der Waals surface area contributed by atoms with Gasteiger partial charge in [-0.1, -0.05) is 0 Å². The fourth-order valence-corrected chi connectivity index (χ4v) is 2.07. The highest BCUT2D eigenvalue weighted by Gasteiger charge is 2.23. The number of rotatable bonds is 2. The first-order valence-electron chi connectivity index (χ1n) is 7.45. The quantitative estimate of drug-likeness (QED) is 0.536. The lowest BCUT2D eigenvalue weighted by atomic mass is 9.97. The number of carbonyl (C=O) groups is 1. The van der Waals surface area contributed by atoms with E-state index < -0.39 is 5.41 Å². The molecule has 0 radical (unpaired) electrons. The van der Waals surface area contributed by atoms with Crippen molar-refractivity contribution in [2.75, 3.05) is 0 Å². The molecule has 2 aliphatic heterocycles. The molecule has 0 amide bonds. The van der Waals surface area contributed by atoms with Crippen LogP contribution in [-0.2, 0) is 11.8 Å². The van der Waals surface area contributed by atoms with Crippen molar-refractivity contribution in [2.24, 2.45) is 12.5 Å².